The second-order valence-electron chi connectivity index (χ2n) is 8.06. The van der Waals surface area contributed by atoms with Crippen LogP contribution in [0.4, 0.5) is 5.82 Å². The lowest BCUT2D eigenvalue weighted by molar-refractivity contribution is 0.102. The molecule has 1 N–H and O–H groups in total. The molecule has 0 saturated carbocycles. The lowest BCUT2D eigenvalue weighted by atomic mass is 9.92. The molecule has 4 aromatic heterocycles. The highest BCUT2D eigenvalue weighted by Gasteiger charge is 2.24. The van der Waals surface area contributed by atoms with Crippen LogP contribution in [0.3, 0.4) is 0 Å². The van der Waals surface area contributed by atoms with Crippen LogP contribution in [-0.4, -0.2) is 25.7 Å². The summed E-state index contributed by atoms with van der Waals surface area (Å²) in [5.74, 6) is 2.42. The molecule has 4 aromatic rings. The Morgan fingerprint density at radius 3 is 2.60 bits per heavy atom. The van der Waals surface area contributed by atoms with Crippen LogP contribution in [0.25, 0.3) is 16.6 Å². The molecule has 0 aliphatic rings. The van der Waals surface area contributed by atoms with E-state index in [0.717, 1.165) is 11.5 Å². The Morgan fingerprint density at radius 1 is 1.17 bits per heavy atom. The van der Waals surface area contributed by atoms with Gasteiger partial charge in [-0.25, -0.2) is 9.97 Å². The minimum absolute atomic E-state index is 0.176. The summed E-state index contributed by atoms with van der Waals surface area (Å²) in [6.45, 7) is 9.93. The van der Waals surface area contributed by atoms with E-state index in [-0.39, 0.29) is 11.3 Å². The van der Waals surface area contributed by atoms with E-state index in [2.05, 4.69) is 41.2 Å². The first kappa shape index (κ1) is 20.0. The Hall–Kier alpha value is -3.26. The number of nitrogens with one attached hydrogen (secondary N) is 1. The highest BCUT2D eigenvalue weighted by molar-refractivity contribution is 7.17. The number of carbonyl (C=O) groups excluding carboxylic acids is 1. The van der Waals surface area contributed by atoms with E-state index >= 15 is 0 Å². The molecule has 0 unspecified atom stereocenters. The molecule has 0 aliphatic carbocycles. The van der Waals surface area contributed by atoms with Gasteiger partial charge < -0.3 is 9.73 Å². The average Bonchev–Trinajstić information content (AvgIpc) is 3.40. The molecular formula is C22H23N5O2S. The highest BCUT2D eigenvalue weighted by atomic mass is 32.1. The predicted molar refractivity (Wildman–Crippen MR) is 117 cm³/mol. The van der Waals surface area contributed by atoms with Crippen molar-refractivity contribution in [3.63, 3.8) is 0 Å². The molecule has 0 radical (unpaired) electrons. The fourth-order valence-corrected chi connectivity index (χ4v) is 3.85. The number of aryl methyl sites for hydroxylation is 2. The maximum absolute atomic E-state index is 13.1. The normalized spacial score (nSPS) is 11.6. The number of nitrogens with zero attached hydrogens (tertiary/aromatic N) is 4. The molecule has 154 valence electrons. The van der Waals surface area contributed by atoms with E-state index in [1.165, 1.54) is 11.3 Å². The fourth-order valence-electron chi connectivity index (χ4n) is 2.93. The molecule has 4 rings (SSSR count). The van der Waals surface area contributed by atoms with Crippen LogP contribution < -0.4 is 5.32 Å². The summed E-state index contributed by atoms with van der Waals surface area (Å²) in [4.78, 5) is 22.5. The number of anilines is 1. The van der Waals surface area contributed by atoms with Gasteiger partial charge in [0.05, 0.1) is 11.4 Å². The van der Waals surface area contributed by atoms with E-state index < -0.39 is 0 Å². The van der Waals surface area contributed by atoms with Crippen molar-refractivity contribution in [1.82, 2.24) is 19.7 Å². The topological polar surface area (TPSA) is 85.8 Å². The van der Waals surface area contributed by atoms with Crippen molar-refractivity contribution < 1.29 is 9.21 Å². The Bertz CT molecular complexity index is 1200. The van der Waals surface area contributed by atoms with Gasteiger partial charge in [0, 0.05) is 17.7 Å². The molecule has 0 bridgehead atoms. The third-order valence-corrected chi connectivity index (χ3v) is 5.71. The molecule has 0 aliphatic heterocycles. The van der Waals surface area contributed by atoms with Gasteiger partial charge in [0.15, 0.2) is 16.6 Å². The summed E-state index contributed by atoms with van der Waals surface area (Å²) < 4.78 is 7.31. The first-order valence-electron chi connectivity index (χ1n) is 9.60. The SMILES string of the molecule is Cc1ccc(-c2nc(C)c(C(=O)Nc3cc(C(C)(C)C)nn3-c3ccccn3)s2)o1. The minimum atomic E-state index is -0.239. The van der Waals surface area contributed by atoms with E-state index in [4.69, 9.17) is 4.42 Å². The zero-order chi connectivity index (χ0) is 21.5. The molecule has 8 heteroatoms. The standard InChI is InChI=1S/C22H23N5O2S/c1-13-9-10-15(29-13)21-24-14(2)19(30-21)20(28)25-18-12-16(22(3,4)5)26-27(18)17-8-6-7-11-23-17/h6-12H,1-5H3,(H,25,28). The van der Waals surface area contributed by atoms with Gasteiger partial charge in [-0.3, -0.25) is 4.79 Å². The van der Waals surface area contributed by atoms with Crippen LogP contribution in [-0.2, 0) is 5.41 Å². The van der Waals surface area contributed by atoms with Crippen LogP contribution in [0.15, 0.2) is 47.0 Å². The monoisotopic (exact) mass is 421 g/mol. The number of hydrogen-bond donors (Lipinski definition) is 1. The van der Waals surface area contributed by atoms with Crippen molar-refractivity contribution in [2.24, 2.45) is 0 Å². The second kappa shape index (κ2) is 7.53. The maximum atomic E-state index is 13.1. The van der Waals surface area contributed by atoms with Crippen LogP contribution >= 0.6 is 11.3 Å². The Balaban J connectivity index is 1.68. The quantitative estimate of drug-likeness (QED) is 0.492. The van der Waals surface area contributed by atoms with Gasteiger partial charge in [0.25, 0.3) is 5.91 Å². The van der Waals surface area contributed by atoms with Gasteiger partial charge >= 0.3 is 0 Å². The number of pyridine rings is 1. The molecule has 0 fully saturated rings. The number of thiazole rings is 1. The summed E-state index contributed by atoms with van der Waals surface area (Å²) in [5.41, 5.74) is 1.34. The molecule has 0 spiro atoms. The molecule has 0 aromatic carbocycles. The van der Waals surface area contributed by atoms with Crippen LogP contribution in [0.2, 0.25) is 0 Å². The van der Waals surface area contributed by atoms with Crippen molar-refractivity contribution in [2.45, 2.75) is 40.0 Å². The lowest BCUT2D eigenvalue weighted by Crippen LogP contribution is -2.15. The van der Waals surface area contributed by atoms with E-state index in [1.807, 2.05) is 50.2 Å². The Morgan fingerprint density at radius 2 is 1.97 bits per heavy atom. The molecule has 7 nitrogen and oxygen atoms in total. The first-order valence-corrected chi connectivity index (χ1v) is 10.4. The van der Waals surface area contributed by atoms with Gasteiger partial charge in [0.2, 0.25) is 0 Å². The van der Waals surface area contributed by atoms with Gasteiger partial charge in [-0.05, 0) is 38.1 Å². The van der Waals surface area contributed by atoms with Crippen molar-refractivity contribution in [1.29, 1.82) is 0 Å². The molecule has 0 atom stereocenters. The maximum Gasteiger partial charge on any atom is 0.268 e. The lowest BCUT2D eigenvalue weighted by Gasteiger charge is -2.13. The van der Waals surface area contributed by atoms with Crippen molar-refractivity contribution in [3.05, 3.63) is 64.6 Å². The molecule has 30 heavy (non-hydrogen) atoms. The van der Waals surface area contributed by atoms with E-state index in [9.17, 15) is 4.79 Å². The second-order valence-corrected chi connectivity index (χ2v) is 9.06. The van der Waals surface area contributed by atoms with Crippen LogP contribution in [0, 0.1) is 13.8 Å². The Labute approximate surface area is 178 Å². The summed E-state index contributed by atoms with van der Waals surface area (Å²) in [7, 11) is 0. The summed E-state index contributed by atoms with van der Waals surface area (Å²) >= 11 is 1.31. The van der Waals surface area contributed by atoms with Crippen molar-refractivity contribution in [3.8, 4) is 16.6 Å². The van der Waals surface area contributed by atoms with Gasteiger partial charge in [-0.1, -0.05) is 26.8 Å². The highest BCUT2D eigenvalue weighted by Crippen LogP contribution is 2.31. The minimum Gasteiger partial charge on any atom is -0.459 e. The number of furan rings is 1. The van der Waals surface area contributed by atoms with Crippen molar-refractivity contribution in [2.75, 3.05) is 5.32 Å². The summed E-state index contributed by atoms with van der Waals surface area (Å²) in [5, 5.41) is 8.36. The zero-order valence-corrected chi connectivity index (χ0v) is 18.4. The Kier molecular flexibility index (Phi) is 5.03. The van der Waals surface area contributed by atoms with Gasteiger partial charge in [-0.2, -0.15) is 9.78 Å². The zero-order valence-electron chi connectivity index (χ0n) is 17.6. The van der Waals surface area contributed by atoms with Crippen LogP contribution in [0.5, 0.6) is 0 Å². The number of amides is 1. The molecule has 0 saturated heterocycles. The fraction of sp³-hybridized carbons (Fsp3) is 0.273. The van der Waals surface area contributed by atoms with Crippen molar-refractivity contribution >= 4 is 23.1 Å². The molecule has 1 amide bonds. The number of hydrogen-bond acceptors (Lipinski definition) is 6. The van der Waals surface area contributed by atoms with Gasteiger partial charge in [-0.15, -0.1) is 11.3 Å². The number of rotatable bonds is 4. The first-order chi connectivity index (χ1) is 14.2. The van der Waals surface area contributed by atoms with Crippen LogP contribution in [0.1, 0.15) is 47.6 Å². The predicted octanol–water partition coefficient (Wildman–Crippen LogP) is 5.15. The van der Waals surface area contributed by atoms with Gasteiger partial charge in [0.1, 0.15) is 16.5 Å². The summed E-state index contributed by atoms with van der Waals surface area (Å²) in [6, 6.07) is 11.2. The van der Waals surface area contributed by atoms with E-state index in [1.54, 1.807) is 10.9 Å². The summed E-state index contributed by atoms with van der Waals surface area (Å²) in [6.07, 6.45) is 1.70. The van der Waals surface area contributed by atoms with E-state index in [0.29, 0.717) is 33.0 Å². The number of aromatic nitrogens is 4. The third-order valence-electron chi connectivity index (χ3n) is 4.54. The molecule has 4 heterocycles. The molecular weight excluding hydrogens is 398 g/mol. The smallest absolute Gasteiger partial charge is 0.268 e. The number of carbonyl (C=O) groups is 1. The third kappa shape index (κ3) is 3.91. The largest absolute Gasteiger partial charge is 0.459 e. The average molecular weight is 422 g/mol.